The van der Waals surface area contributed by atoms with Crippen molar-refractivity contribution < 1.29 is 0 Å². The molecule has 0 aromatic heterocycles. The summed E-state index contributed by atoms with van der Waals surface area (Å²) in [5, 5.41) is 0. The minimum absolute atomic E-state index is 0.708. The van der Waals surface area contributed by atoms with Gasteiger partial charge in [0.15, 0.2) is 0 Å². The molecule has 7 rings (SSSR count). The third kappa shape index (κ3) is 0.645. The van der Waals surface area contributed by atoms with Gasteiger partial charge in [-0.05, 0) is 66.6 Å². The SMILES string of the molecule is C1=CC2CC1CCC1C3C4C=CC1(C4)C23. The van der Waals surface area contributed by atoms with Crippen molar-refractivity contribution in [3.8, 4) is 0 Å². The highest BCUT2D eigenvalue weighted by atomic mass is 14.8. The summed E-state index contributed by atoms with van der Waals surface area (Å²) in [6.45, 7) is 0. The zero-order valence-electron chi connectivity index (χ0n) is 9.10. The normalized spacial score (nSPS) is 66.7. The van der Waals surface area contributed by atoms with Crippen LogP contribution in [0.2, 0.25) is 0 Å². The van der Waals surface area contributed by atoms with Gasteiger partial charge in [0.25, 0.3) is 0 Å². The van der Waals surface area contributed by atoms with Crippen LogP contribution in [-0.2, 0) is 0 Å². The molecule has 0 aliphatic heterocycles. The summed E-state index contributed by atoms with van der Waals surface area (Å²) in [4.78, 5) is 0. The molecule has 0 saturated heterocycles. The van der Waals surface area contributed by atoms with E-state index >= 15 is 0 Å². The number of fused-ring (bicyclic) bond motifs is 1. The topological polar surface area (TPSA) is 0 Å². The second kappa shape index (κ2) is 2.12. The third-order valence-electron chi connectivity index (χ3n) is 6.44. The van der Waals surface area contributed by atoms with E-state index in [0.29, 0.717) is 5.41 Å². The molecule has 0 amide bonds. The number of rotatable bonds is 0. The summed E-state index contributed by atoms with van der Waals surface area (Å²) in [6.07, 6.45) is 16.4. The summed E-state index contributed by atoms with van der Waals surface area (Å²) < 4.78 is 0. The fraction of sp³-hybridized carbons (Fsp3) is 0.733. The molecule has 5 fully saturated rings. The molecule has 0 aromatic rings. The smallest absolute Gasteiger partial charge is 0.00444 e. The van der Waals surface area contributed by atoms with Gasteiger partial charge in [0, 0.05) is 0 Å². The Morgan fingerprint density at radius 1 is 1.00 bits per heavy atom. The Hall–Kier alpha value is -0.520. The lowest BCUT2D eigenvalue weighted by atomic mass is 9.45. The summed E-state index contributed by atoms with van der Waals surface area (Å²) in [5.41, 5.74) is 0.708. The van der Waals surface area contributed by atoms with E-state index in [1.165, 1.54) is 25.7 Å². The lowest BCUT2D eigenvalue weighted by molar-refractivity contribution is -0.0745. The van der Waals surface area contributed by atoms with Crippen molar-refractivity contribution in [1.82, 2.24) is 0 Å². The van der Waals surface area contributed by atoms with E-state index in [0.717, 1.165) is 35.5 Å². The third-order valence-corrected chi connectivity index (χ3v) is 6.44. The fourth-order valence-corrected chi connectivity index (χ4v) is 6.12. The van der Waals surface area contributed by atoms with E-state index < -0.39 is 0 Å². The second-order valence-electron chi connectivity index (χ2n) is 6.67. The van der Waals surface area contributed by atoms with Crippen molar-refractivity contribution in [3.63, 3.8) is 0 Å². The first-order chi connectivity index (χ1) is 7.38. The first-order valence-electron chi connectivity index (χ1n) is 6.76. The highest BCUT2D eigenvalue weighted by molar-refractivity contribution is 5.35. The highest BCUT2D eigenvalue weighted by Gasteiger charge is 2.72. The Labute approximate surface area is 91.4 Å². The number of hydrogen-bond acceptors (Lipinski definition) is 0. The quantitative estimate of drug-likeness (QED) is 0.523. The largest absolute Gasteiger partial charge is 0.0851 e. The zero-order valence-corrected chi connectivity index (χ0v) is 9.10. The molecule has 0 radical (unpaired) electrons. The molecule has 1 spiro atoms. The van der Waals surface area contributed by atoms with Crippen LogP contribution in [0.15, 0.2) is 24.3 Å². The van der Waals surface area contributed by atoms with E-state index in [1.807, 2.05) is 0 Å². The number of hydrogen-bond donors (Lipinski definition) is 0. The van der Waals surface area contributed by atoms with Gasteiger partial charge in [-0.25, -0.2) is 0 Å². The van der Waals surface area contributed by atoms with Crippen molar-refractivity contribution in [2.24, 2.45) is 40.9 Å². The average molecular weight is 198 g/mol. The first-order valence-corrected chi connectivity index (χ1v) is 6.76. The predicted octanol–water partition coefficient (Wildman–Crippen LogP) is 3.41. The van der Waals surface area contributed by atoms with Gasteiger partial charge in [-0.3, -0.25) is 0 Å². The van der Waals surface area contributed by atoms with Crippen LogP contribution in [0.4, 0.5) is 0 Å². The molecule has 0 heteroatoms. The van der Waals surface area contributed by atoms with E-state index in [1.54, 1.807) is 0 Å². The van der Waals surface area contributed by atoms with Gasteiger partial charge in [-0.2, -0.15) is 0 Å². The number of allylic oxidation sites excluding steroid dienone is 4. The molecule has 15 heavy (non-hydrogen) atoms. The summed E-state index contributed by atoms with van der Waals surface area (Å²) in [5.74, 6) is 6.18. The molecular weight excluding hydrogens is 180 g/mol. The lowest BCUT2D eigenvalue weighted by Crippen LogP contribution is -2.54. The minimum Gasteiger partial charge on any atom is -0.0851 e. The molecule has 0 N–H and O–H groups in total. The van der Waals surface area contributed by atoms with Gasteiger partial charge in [0.1, 0.15) is 0 Å². The Morgan fingerprint density at radius 2 is 2.00 bits per heavy atom. The van der Waals surface area contributed by atoms with Gasteiger partial charge >= 0.3 is 0 Å². The standard InChI is InChI=1S/C15H18/c1-3-10-7-9(1)2-4-12-13-11-5-6-15(12,8-11)14(10)13/h1,3,5-6,9-14H,2,4,7-8H2. The zero-order chi connectivity index (χ0) is 9.62. The van der Waals surface area contributed by atoms with Crippen molar-refractivity contribution in [2.45, 2.75) is 25.7 Å². The Morgan fingerprint density at radius 3 is 2.80 bits per heavy atom. The van der Waals surface area contributed by atoms with E-state index in [9.17, 15) is 0 Å². The van der Waals surface area contributed by atoms with Crippen LogP contribution >= 0.6 is 0 Å². The summed E-state index contributed by atoms with van der Waals surface area (Å²) in [7, 11) is 0. The Balaban J connectivity index is 1.67. The Kier molecular flexibility index (Phi) is 1.09. The molecule has 0 aromatic carbocycles. The van der Waals surface area contributed by atoms with Crippen molar-refractivity contribution in [2.75, 3.05) is 0 Å². The maximum atomic E-state index is 2.64. The van der Waals surface area contributed by atoms with E-state index in [2.05, 4.69) is 24.3 Å². The molecule has 7 aliphatic carbocycles. The average Bonchev–Trinajstić information content (AvgIpc) is 2.93. The second-order valence-corrected chi connectivity index (χ2v) is 6.67. The predicted molar refractivity (Wildman–Crippen MR) is 60.1 cm³/mol. The molecule has 5 saturated carbocycles. The fourth-order valence-electron chi connectivity index (χ4n) is 6.12. The maximum absolute atomic E-state index is 2.64. The van der Waals surface area contributed by atoms with Crippen LogP contribution in [-0.4, -0.2) is 0 Å². The van der Waals surface area contributed by atoms with Crippen molar-refractivity contribution in [1.29, 1.82) is 0 Å². The summed E-state index contributed by atoms with van der Waals surface area (Å²) in [6, 6.07) is 0. The Bertz CT molecular complexity index is 391. The summed E-state index contributed by atoms with van der Waals surface area (Å²) >= 11 is 0. The molecule has 7 atom stereocenters. The molecule has 7 unspecified atom stereocenters. The van der Waals surface area contributed by atoms with Crippen LogP contribution < -0.4 is 0 Å². The van der Waals surface area contributed by atoms with Gasteiger partial charge in [0.05, 0.1) is 0 Å². The van der Waals surface area contributed by atoms with E-state index in [-0.39, 0.29) is 0 Å². The molecule has 7 bridgehead atoms. The monoisotopic (exact) mass is 198 g/mol. The van der Waals surface area contributed by atoms with Crippen LogP contribution in [0.5, 0.6) is 0 Å². The van der Waals surface area contributed by atoms with Gasteiger partial charge in [-0.15, -0.1) is 0 Å². The minimum atomic E-state index is 0.708. The molecule has 0 heterocycles. The molecule has 78 valence electrons. The van der Waals surface area contributed by atoms with Crippen LogP contribution in [0.25, 0.3) is 0 Å². The van der Waals surface area contributed by atoms with Gasteiger partial charge in [-0.1, -0.05) is 24.3 Å². The molecule has 0 nitrogen and oxygen atoms in total. The first kappa shape index (κ1) is 7.70. The van der Waals surface area contributed by atoms with Crippen LogP contribution in [0, 0.1) is 40.9 Å². The van der Waals surface area contributed by atoms with Gasteiger partial charge < -0.3 is 0 Å². The molecule has 7 aliphatic rings. The van der Waals surface area contributed by atoms with Crippen molar-refractivity contribution in [3.05, 3.63) is 24.3 Å². The van der Waals surface area contributed by atoms with Crippen LogP contribution in [0.3, 0.4) is 0 Å². The van der Waals surface area contributed by atoms with Crippen molar-refractivity contribution >= 4 is 0 Å². The highest BCUT2D eigenvalue weighted by Crippen LogP contribution is 2.78. The lowest BCUT2D eigenvalue weighted by Gasteiger charge is -2.59. The van der Waals surface area contributed by atoms with Gasteiger partial charge in [0.2, 0.25) is 0 Å². The maximum Gasteiger partial charge on any atom is -0.00444 e. The van der Waals surface area contributed by atoms with E-state index in [4.69, 9.17) is 0 Å². The molecular formula is C15H18. The van der Waals surface area contributed by atoms with Crippen LogP contribution in [0.1, 0.15) is 25.7 Å².